The molecule has 0 amide bonds. The van der Waals surface area contributed by atoms with E-state index in [1.165, 1.54) is 11.3 Å². The molecule has 0 unspecified atom stereocenters. The monoisotopic (exact) mass is 419 g/mol. The molecule has 0 atom stereocenters. The lowest BCUT2D eigenvalue weighted by molar-refractivity contribution is 0.238. The third-order valence-corrected chi connectivity index (χ3v) is 5.96. The van der Waals surface area contributed by atoms with E-state index in [9.17, 15) is 4.79 Å². The summed E-state index contributed by atoms with van der Waals surface area (Å²) in [7, 11) is 0. The highest BCUT2D eigenvalue weighted by molar-refractivity contribution is 6.30. The minimum absolute atomic E-state index is 0.0691. The van der Waals surface area contributed by atoms with E-state index < -0.39 is 0 Å². The summed E-state index contributed by atoms with van der Waals surface area (Å²) in [6.45, 7) is 6.30. The Morgan fingerprint density at radius 3 is 2.70 bits per heavy atom. The van der Waals surface area contributed by atoms with E-state index in [0.717, 1.165) is 47.7 Å². The second-order valence-corrected chi connectivity index (χ2v) is 8.32. The number of fused-ring (bicyclic) bond motifs is 2. The Kier molecular flexibility index (Phi) is 4.68. The van der Waals surface area contributed by atoms with Crippen LogP contribution in [0.25, 0.3) is 17.0 Å². The van der Waals surface area contributed by atoms with Crippen LogP contribution < -0.4 is 5.56 Å². The molecule has 4 aromatic rings. The molecule has 6 nitrogen and oxygen atoms in total. The highest BCUT2D eigenvalue weighted by atomic mass is 35.5. The number of H-pyrrole nitrogens is 1. The molecule has 4 heterocycles. The quantitative estimate of drug-likeness (QED) is 0.546. The molecule has 1 N–H and O–H groups in total. The topological polar surface area (TPSA) is 66.3 Å². The van der Waals surface area contributed by atoms with Gasteiger partial charge in [-0.25, -0.2) is 9.97 Å². The fourth-order valence-electron chi connectivity index (χ4n) is 4.08. The number of rotatable bonds is 3. The van der Waals surface area contributed by atoms with E-state index in [0.29, 0.717) is 17.4 Å². The van der Waals surface area contributed by atoms with Gasteiger partial charge in [0.25, 0.3) is 5.56 Å². The van der Waals surface area contributed by atoms with Gasteiger partial charge in [0, 0.05) is 42.8 Å². The van der Waals surface area contributed by atoms with Crippen molar-refractivity contribution in [3.05, 3.63) is 86.2 Å². The highest BCUT2D eigenvalue weighted by Gasteiger charge is 2.23. The van der Waals surface area contributed by atoms with Crippen molar-refractivity contribution in [2.24, 2.45) is 0 Å². The Balaban J connectivity index is 1.43. The zero-order chi connectivity index (χ0) is 20.8. The van der Waals surface area contributed by atoms with Crippen molar-refractivity contribution in [1.82, 2.24) is 24.3 Å². The Morgan fingerprint density at radius 1 is 1.10 bits per heavy atom. The molecule has 5 rings (SSSR count). The molecular formula is C23H22ClN5O. The first-order chi connectivity index (χ1) is 14.5. The molecule has 1 aromatic carbocycles. The van der Waals surface area contributed by atoms with Crippen LogP contribution in [-0.2, 0) is 19.5 Å². The zero-order valence-electron chi connectivity index (χ0n) is 16.9. The van der Waals surface area contributed by atoms with Crippen LogP contribution in [0, 0.1) is 13.8 Å². The Hall–Kier alpha value is -2.96. The van der Waals surface area contributed by atoms with Crippen LogP contribution in [0.2, 0.25) is 5.02 Å². The first-order valence-electron chi connectivity index (χ1n) is 10.0. The van der Waals surface area contributed by atoms with E-state index in [2.05, 4.69) is 38.5 Å². The van der Waals surface area contributed by atoms with E-state index in [-0.39, 0.29) is 5.56 Å². The van der Waals surface area contributed by atoms with Crippen LogP contribution in [0.1, 0.15) is 28.2 Å². The third-order valence-electron chi connectivity index (χ3n) is 5.70. The summed E-state index contributed by atoms with van der Waals surface area (Å²) in [5.41, 5.74) is 6.76. The summed E-state index contributed by atoms with van der Waals surface area (Å²) in [5, 5.41) is 0.660. The number of nitrogens with one attached hydrogen (secondary N) is 1. The van der Waals surface area contributed by atoms with Crippen molar-refractivity contribution in [2.75, 3.05) is 6.54 Å². The second kappa shape index (κ2) is 7.38. The summed E-state index contributed by atoms with van der Waals surface area (Å²) < 4.78 is 2.16. The van der Waals surface area contributed by atoms with Crippen molar-refractivity contribution in [1.29, 1.82) is 0 Å². The molecule has 0 aliphatic carbocycles. The SMILES string of the molecule is Cc1ccc2nc(C)c(CN3CCc4nc(-c5ccc(Cl)cc5)[nH]c(=O)c4C3)n2c1. The minimum Gasteiger partial charge on any atom is -0.306 e. The lowest BCUT2D eigenvalue weighted by atomic mass is 10.1. The molecule has 1 aliphatic heterocycles. The van der Waals surface area contributed by atoms with Crippen molar-refractivity contribution in [3.63, 3.8) is 0 Å². The van der Waals surface area contributed by atoms with Crippen LogP contribution in [0.15, 0.2) is 47.4 Å². The van der Waals surface area contributed by atoms with Gasteiger partial charge in [-0.15, -0.1) is 0 Å². The van der Waals surface area contributed by atoms with Gasteiger partial charge in [0.2, 0.25) is 0 Å². The second-order valence-electron chi connectivity index (χ2n) is 7.89. The van der Waals surface area contributed by atoms with Crippen molar-refractivity contribution >= 4 is 17.2 Å². The Morgan fingerprint density at radius 2 is 1.90 bits per heavy atom. The average molecular weight is 420 g/mol. The Bertz CT molecular complexity index is 1310. The standard InChI is InChI=1S/C23H22ClN5O/c1-14-3-8-21-25-15(2)20(29(21)11-14)13-28-10-9-19-18(12-28)23(30)27-22(26-19)16-4-6-17(24)7-5-16/h3-8,11H,9-10,12-13H2,1-2H3,(H,26,27,30). The molecule has 0 radical (unpaired) electrons. The van der Waals surface area contributed by atoms with Gasteiger partial charge in [-0.1, -0.05) is 17.7 Å². The molecule has 7 heteroatoms. The zero-order valence-corrected chi connectivity index (χ0v) is 17.7. The molecule has 30 heavy (non-hydrogen) atoms. The molecule has 1 aliphatic rings. The lowest BCUT2D eigenvalue weighted by Crippen LogP contribution is -2.35. The molecule has 0 saturated carbocycles. The van der Waals surface area contributed by atoms with E-state index in [1.807, 2.05) is 25.1 Å². The molecule has 3 aromatic heterocycles. The minimum atomic E-state index is -0.0691. The van der Waals surface area contributed by atoms with Gasteiger partial charge >= 0.3 is 0 Å². The first-order valence-corrected chi connectivity index (χ1v) is 10.4. The maximum Gasteiger partial charge on any atom is 0.255 e. The fraction of sp³-hybridized carbons (Fsp3) is 0.261. The number of halogens is 1. The third kappa shape index (κ3) is 3.42. The van der Waals surface area contributed by atoms with Crippen LogP contribution in [0.3, 0.4) is 0 Å². The van der Waals surface area contributed by atoms with Crippen molar-refractivity contribution in [2.45, 2.75) is 33.4 Å². The maximum absolute atomic E-state index is 12.8. The summed E-state index contributed by atoms with van der Waals surface area (Å²) in [6, 6.07) is 11.5. The van der Waals surface area contributed by atoms with Gasteiger partial charge in [-0.05, 0) is 49.7 Å². The number of nitrogens with zero attached hydrogens (tertiary/aromatic N) is 4. The first kappa shape index (κ1) is 19.0. The predicted octanol–water partition coefficient (Wildman–Crippen LogP) is 3.91. The smallest absolute Gasteiger partial charge is 0.255 e. The number of benzene rings is 1. The molecule has 0 spiro atoms. The number of aryl methyl sites for hydroxylation is 2. The molecule has 152 valence electrons. The molecule has 0 fully saturated rings. The normalized spacial score (nSPS) is 14.2. The van der Waals surface area contributed by atoms with Crippen LogP contribution in [0.5, 0.6) is 0 Å². The number of pyridine rings is 1. The number of imidazole rings is 1. The van der Waals surface area contributed by atoms with E-state index in [1.54, 1.807) is 12.1 Å². The Labute approximate surface area is 179 Å². The fourth-order valence-corrected chi connectivity index (χ4v) is 4.21. The van der Waals surface area contributed by atoms with E-state index >= 15 is 0 Å². The maximum atomic E-state index is 12.8. The van der Waals surface area contributed by atoms with Crippen LogP contribution >= 0.6 is 11.6 Å². The number of hydrogen-bond donors (Lipinski definition) is 1. The summed E-state index contributed by atoms with van der Waals surface area (Å²) >= 11 is 5.97. The number of aromatic nitrogens is 4. The van der Waals surface area contributed by atoms with Gasteiger partial charge in [0.15, 0.2) is 0 Å². The van der Waals surface area contributed by atoms with Gasteiger partial charge in [-0.2, -0.15) is 0 Å². The van der Waals surface area contributed by atoms with Gasteiger partial charge < -0.3 is 9.38 Å². The molecule has 0 bridgehead atoms. The number of aromatic amines is 1. The average Bonchev–Trinajstić information content (AvgIpc) is 3.03. The summed E-state index contributed by atoms with van der Waals surface area (Å²) in [6.07, 6.45) is 2.87. The largest absolute Gasteiger partial charge is 0.306 e. The molecule has 0 saturated heterocycles. The summed E-state index contributed by atoms with van der Waals surface area (Å²) in [4.78, 5) is 27.5. The van der Waals surface area contributed by atoms with Crippen LogP contribution in [-0.4, -0.2) is 30.8 Å². The van der Waals surface area contributed by atoms with Gasteiger partial charge in [-0.3, -0.25) is 9.69 Å². The van der Waals surface area contributed by atoms with Crippen molar-refractivity contribution in [3.8, 4) is 11.4 Å². The summed E-state index contributed by atoms with van der Waals surface area (Å²) in [5.74, 6) is 0.594. The van der Waals surface area contributed by atoms with Gasteiger partial charge in [0.1, 0.15) is 11.5 Å². The predicted molar refractivity (Wildman–Crippen MR) is 118 cm³/mol. The van der Waals surface area contributed by atoms with Crippen LogP contribution in [0.4, 0.5) is 0 Å². The molecular weight excluding hydrogens is 398 g/mol. The lowest BCUT2D eigenvalue weighted by Gasteiger charge is -2.27. The van der Waals surface area contributed by atoms with Gasteiger partial charge in [0.05, 0.1) is 22.6 Å². The van der Waals surface area contributed by atoms with Crippen molar-refractivity contribution < 1.29 is 0 Å². The number of hydrogen-bond acceptors (Lipinski definition) is 4. The highest BCUT2D eigenvalue weighted by Crippen LogP contribution is 2.22. The van der Waals surface area contributed by atoms with E-state index in [4.69, 9.17) is 16.6 Å².